The van der Waals surface area contributed by atoms with E-state index in [-0.39, 0.29) is 16.4 Å². The first-order chi connectivity index (χ1) is 4.58. The Morgan fingerprint density at radius 1 is 1.70 bits per heavy atom. The van der Waals surface area contributed by atoms with Crippen LogP contribution in [0.4, 0.5) is 0 Å². The van der Waals surface area contributed by atoms with Crippen molar-refractivity contribution >= 4 is 28.9 Å². The van der Waals surface area contributed by atoms with Gasteiger partial charge in [0.05, 0.1) is 11.9 Å². The van der Waals surface area contributed by atoms with Crippen LogP contribution < -0.4 is 5.73 Å². The number of thiol groups is 1. The molecular weight excluding hydrogens is 172 g/mol. The van der Waals surface area contributed by atoms with E-state index in [1.54, 1.807) is 0 Å². The van der Waals surface area contributed by atoms with E-state index < -0.39 is 10.0 Å². The predicted octanol–water partition coefficient (Wildman–Crippen LogP) is -0.499. The second kappa shape index (κ2) is 2.28. The van der Waals surface area contributed by atoms with Crippen molar-refractivity contribution in [2.45, 2.75) is 0 Å². The molecule has 4 nitrogen and oxygen atoms in total. The van der Waals surface area contributed by atoms with E-state index in [4.69, 9.17) is 5.73 Å². The van der Waals surface area contributed by atoms with Crippen molar-refractivity contribution in [2.24, 2.45) is 10.1 Å². The van der Waals surface area contributed by atoms with Crippen LogP contribution in [0.5, 0.6) is 0 Å². The molecule has 0 atom stereocenters. The summed E-state index contributed by atoms with van der Waals surface area (Å²) in [6.07, 6.45) is 1.13. The molecule has 0 aromatic rings. The van der Waals surface area contributed by atoms with Crippen LogP contribution in [0.3, 0.4) is 0 Å². The molecule has 1 aliphatic rings. The third-order valence-electron chi connectivity index (χ3n) is 1.11. The molecule has 0 amide bonds. The number of hydrogen-bond acceptors (Lipinski definition) is 4. The van der Waals surface area contributed by atoms with Gasteiger partial charge in [0.25, 0.3) is 10.0 Å². The molecule has 0 aliphatic carbocycles. The molecule has 1 heterocycles. The Bertz CT molecular complexity index is 301. The smallest absolute Gasteiger partial charge is 0.281 e. The minimum absolute atomic E-state index is 0.0934. The lowest BCUT2D eigenvalue weighted by molar-refractivity contribution is 0.605. The standard InChI is InChI=1S/C4H6N2O2S2/c5-3-1-6-10(7,8)4(3)2-9/h1,9H,2,5H2. The molecule has 0 fully saturated rings. The van der Waals surface area contributed by atoms with Crippen LogP contribution in [0.1, 0.15) is 0 Å². The zero-order valence-corrected chi connectivity index (χ0v) is 6.69. The Kier molecular flexibility index (Phi) is 1.74. The fourth-order valence-electron chi connectivity index (χ4n) is 0.584. The lowest BCUT2D eigenvalue weighted by Gasteiger charge is -1.94. The van der Waals surface area contributed by atoms with E-state index >= 15 is 0 Å². The highest BCUT2D eigenvalue weighted by Crippen LogP contribution is 2.17. The lowest BCUT2D eigenvalue weighted by Crippen LogP contribution is -2.04. The maximum atomic E-state index is 10.8. The van der Waals surface area contributed by atoms with Gasteiger partial charge in [-0.3, -0.25) is 0 Å². The summed E-state index contributed by atoms with van der Waals surface area (Å²) in [7, 11) is -3.44. The Morgan fingerprint density at radius 3 is 2.50 bits per heavy atom. The van der Waals surface area contributed by atoms with E-state index in [0.29, 0.717) is 0 Å². The third-order valence-corrected chi connectivity index (χ3v) is 3.02. The van der Waals surface area contributed by atoms with Crippen LogP contribution in [0.2, 0.25) is 0 Å². The van der Waals surface area contributed by atoms with Gasteiger partial charge < -0.3 is 5.73 Å². The van der Waals surface area contributed by atoms with Gasteiger partial charge in [-0.15, -0.1) is 0 Å². The summed E-state index contributed by atoms with van der Waals surface area (Å²) >= 11 is 3.79. The van der Waals surface area contributed by atoms with Gasteiger partial charge in [-0.05, 0) is 0 Å². The molecule has 0 saturated heterocycles. The SMILES string of the molecule is NC1=C(CS)S(=O)(=O)N=C1. The van der Waals surface area contributed by atoms with Crippen LogP contribution in [0.25, 0.3) is 0 Å². The Hall–Kier alpha value is -0.490. The molecule has 1 rings (SSSR count). The summed E-state index contributed by atoms with van der Waals surface area (Å²) in [5.41, 5.74) is 5.46. The minimum Gasteiger partial charge on any atom is -0.397 e. The largest absolute Gasteiger partial charge is 0.397 e. The molecule has 1 aliphatic heterocycles. The third kappa shape index (κ3) is 1.04. The Balaban J connectivity index is 3.22. The van der Waals surface area contributed by atoms with E-state index in [0.717, 1.165) is 6.21 Å². The van der Waals surface area contributed by atoms with Crippen molar-refractivity contribution < 1.29 is 8.42 Å². The fraction of sp³-hybridized carbons (Fsp3) is 0.250. The highest BCUT2D eigenvalue weighted by atomic mass is 32.2. The summed E-state index contributed by atoms with van der Waals surface area (Å²) in [5.74, 6) is 0.105. The monoisotopic (exact) mass is 178 g/mol. The molecule has 56 valence electrons. The first kappa shape index (κ1) is 7.62. The highest BCUT2D eigenvalue weighted by molar-refractivity contribution is 7.95. The minimum atomic E-state index is -3.44. The van der Waals surface area contributed by atoms with Crippen LogP contribution >= 0.6 is 12.6 Å². The molecule has 0 aromatic carbocycles. The maximum Gasteiger partial charge on any atom is 0.281 e. The van der Waals surface area contributed by atoms with E-state index in [1.165, 1.54) is 0 Å². The Labute approximate surface area is 64.3 Å². The van der Waals surface area contributed by atoms with Crippen LogP contribution in [-0.4, -0.2) is 20.4 Å². The summed E-state index contributed by atoms with van der Waals surface area (Å²) in [6, 6.07) is 0. The van der Waals surface area contributed by atoms with Crippen molar-refractivity contribution in [3.8, 4) is 0 Å². The normalized spacial score (nSPS) is 22.1. The number of sulfonamides is 1. The fourth-order valence-corrected chi connectivity index (χ4v) is 2.15. The average Bonchev–Trinajstić information content (AvgIpc) is 2.07. The number of allylic oxidation sites excluding steroid dienone is 1. The van der Waals surface area contributed by atoms with Crippen LogP contribution in [0.15, 0.2) is 15.0 Å². The van der Waals surface area contributed by atoms with Crippen molar-refractivity contribution in [3.05, 3.63) is 10.6 Å². The molecule has 0 spiro atoms. The van der Waals surface area contributed by atoms with Gasteiger partial charge in [0.2, 0.25) is 0 Å². The number of hydrogen-bond donors (Lipinski definition) is 2. The maximum absolute atomic E-state index is 10.8. The lowest BCUT2D eigenvalue weighted by atomic mass is 10.5. The Morgan fingerprint density at radius 2 is 2.30 bits per heavy atom. The van der Waals surface area contributed by atoms with E-state index in [9.17, 15) is 8.42 Å². The number of nitrogens with two attached hydrogens (primary N) is 1. The van der Waals surface area contributed by atoms with Crippen LogP contribution in [0, 0.1) is 0 Å². The molecule has 0 aromatic heterocycles. The number of rotatable bonds is 1. The van der Waals surface area contributed by atoms with Gasteiger partial charge in [0, 0.05) is 5.75 Å². The average molecular weight is 178 g/mol. The van der Waals surface area contributed by atoms with E-state index in [2.05, 4.69) is 17.0 Å². The molecule has 10 heavy (non-hydrogen) atoms. The quantitative estimate of drug-likeness (QED) is 0.532. The molecule has 6 heteroatoms. The molecule has 0 radical (unpaired) electrons. The van der Waals surface area contributed by atoms with Crippen molar-refractivity contribution in [1.29, 1.82) is 0 Å². The number of nitrogens with zero attached hydrogens (tertiary/aromatic N) is 1. The molecule has 0 bridgehead atoms. The molecule has 0 saturated carbocycles. The van der Waals surface area contributed by atoms with Crippen molar-refractivity contribution in [2.75, 3.05) is 5.75 Å². The highest BCUT2D eigenvalue weighted by Gasteiger charge is 2.22. The molecular formula is C4H6N2O2S2. The second-order valence-corrected chi connectivity index (χ2v) is 3.72. The van der Waals surface area contributed by atoms with Crippen molar-refractivity contribution in [3.63, 3.8) is 0 Å². The summed E-state index contributed by atoms with van der Waals surface area (Å²) in [5, 5.41) is 0. The van der Waals surface area contributed by atoms with E-state index in [1.807, 2.05) is 0 Å². The first-order valence-corrected chi connectivity index (χ1v) is 4.55. The zero-order valence-electron chi connectivity index (χ0n) is 4.98. The van der Waals surface area contributed by atoms with Crippen LogP contribution in [-0.2, 0) is 10.0 Å². The van der Waals surface area contributed by atoms with Gasteiger partial charge in [0.15, 0.2) is 0 Å². The van der Waals surface area contributed by atoms with Gasteiger partial charge in [0.1, 0.15) is 4.91 Å². The molecule has 2 N–H and O–H groups in total. The summed E-state index contributed by atoms with van der Waals surface area (Å²) < 4.78 is 24.8. The predicted molar refractivity (Wildman–Crippen MR) is 42.5 cm³/mol. The summed E-state index contributed by atoms with van der Waals surface area (Å²) in [4.78, 5) is 0.0934. The second-order valence-electron chi connectivity index (χ2n) is 1.75. The van der Waals surface area contributed by atoms with Gasteiger partial charge in [-0.1, -0.05) is 0 Å². The summed E-state index contributed by atoms with van der Waals surface area (Å²) in [6.45, 7) is 0. The zero-order chi connectivity index (χ0) is 7.78. The van der Waals surface area contributed by atoms with Crippen molar-refractivity contribution in [1.82, 2.24) is 0 Å². The molecule has 0 unspecified atom stereocenters. The van der Waals surface area contributed by atoms with Gasteiger partial charge >= 0.3 is 0 Å². The van der Waals surface area contributed by atoms with Gasteiger partial charge in [-0.2, -0.15) is 25.4 Å². The topological polar surface area (TPSA) is 72.5 Å². The first-order valence-electron chi connectivity index (χ1n) is 2.48. The van der Waals surface area contributed by atoms with Gasteiger partial charge in [-0.25, -0.2) is 0 Å².